The van der Waals surface area contributed by atoms with Gasteiger partial charge in [-0.15, -0.1) is 0 Å². The summed E-state index contributed by atoms with van der Waals surface area (Å²) in [6.07, 6.45) is 0.393. The van der Waals surface area contributed by atoms with Gasteiger partial charge in [-0.3, -0.25) is 10.1 Å². The maximum atomic E-state index is 11.6. The molecule has 0 radical (unpaired) electrons. The Hall–Kier alpha value is -3.13. The summed E-state index contributed by atoms with van der Waals surface area (Å²) in [5.41, 5.74) is 1.98. The molecule has 8 heteroatoms. The largest absolute Gasteiger partial charge is 0.414 e. The van der Waals surface area contributed by atoms with E-state index in [0.717, 1.165) is 17.7 Å². The number of non-ortho nitro benzene ring substituents is 1. The molecule has 0 aliphatic heterocycles. The van der Waals surface area contributed by atoms with Crippen LogP contribution in [0, 0.1) is 10.1 Å². The summed E-state index contributed by atoms with van der Waals surface area (Å²) in [5, 5.41) is 17.2. The third kappa shape index (κ3) is 5.96. The van der Waals surface area contributed by atoms with E-state index in [4.69, 9.17) is 4.74 Å². The maximum absolute atomic E-state index is 11.6. The van der Waals surface area contributed by atoms with Gasteiger partial charge in [0, 0.05) is 44.5 Å². The molecule has 27 heavy (non-hydrogen) atoms. The highest BCUT2D eigenvalue weighted by Gasteiger charge is 2.11. The Labute approximate surface area is 158 Å². The van der Waals surface area contributed by atoms with Crippen LogP contribution in [0.25, 0.3) is 0 Å². The molecular formula is C19H24N4O4. The number of nitrogens with one attached hydrogen (secondary N) is 2. The molecule has 2 aromatic rings. The average Bonchev–Trinajstić information content (AvgIpc) is 2.66. The van der Waals surface area contributed by atoms with E-state index in [1.165, 1.54) is 17.0 Å². The van der Waals surface area contributed by atoms with Crippen LogP contribution >= 0.6 is 0 Å². The number of nitrogens with zero attached hydrogens (tertiary/aromatic N) is 2. The van der Waals surface area contributed by atoms with Crippen LogP contribution in [-0.2, 0) is 0 Å². The van der Waals surface area contributed by atoms with E-state index in [2.05, 4.69) is 10.6 Å². The van der Waals surface area contributed by atoms with Gasteiger partial charge in [0.25, 0.3) is 5.69 Å². The number of rotatable bonds is 8. The zero-order valence-electron chi connectivity index (χ0n) is 15.6. The van der Waals surface area contributed by atoms with Gasteiger partial charge in [0.15, 0.2) is 0 Å². The zero-order chi connectivity index (χ0) is 19.8. The van der Waals surface area contributed by atoms with E-state index in [9.17, 15) is 14.9 Å². The monoisotopic (exact) mass is 372 g/mol. The lowest BCUT2D eigenvalue weighted by Crippen LogP contribution is -2.25. The van der Waals surface area contributed by atoms with Crippen LogP contribution in [0.2, 0.25) is 0 Å². The molecule has 0 spiro atoms. The van der Waals surface area contributed by atoms with Crippen molar-refractivity contribution < 1.29 is 14.5 Å². The quantitative estimate of drug-likeness (QED) is 0.544. The Bertz CT molecular complexity index is 760. The van der Waals surface area contributed by atoms with E-state index in [0.29, 0.717) is 12.3 Å². The van der Waals surface area contributed by atoms with Gasteiger partial charge in [0.05, 0.1) is 4.92 Å². The summed E-state index contributed by atoms with van der Waals surface area (Å²) in [7, 11) is 5.15. The lowest BCUT2D eigenvalue weighted by atomic mass is 10.0. The minimum atomic E-state index is -0.416. The van der Waals surface area contributed by atoms with E-state index < -0.39 is 11.0 Å². The number of ether oxygens (including phenoxy) is 1. The molecule has 0 aromatic heterocycles. The van der Waals surface area contributed by atoms with Crippen LogP contribution in [0.15, 0.2) is 48.5 Å². The lowest BCUT2D eigenvalue weighted by Gasteiger charge is -2.18. The van der Waals surface area contributed by atoms with E-state index in [-0.39, 0.29) is 11.7 Å². The summed E-state index contributed by atoms with van der Waals surface area (Å²) in [6, 6.07) is 13.8. The number of benzene rings is 2. The van der Waals surface area contributed by atoms with Gasteiger partial charge in [0.1, 0.15) is 5.75 Å². The standard InChI is InChI=1S/C19H24N4O4/c1-20-18(12-13-21-15-6-8-16(9-7-15)23(25)26)14-4-10-17(11-5-14)27-19(24)22(2)3/h4-11,18,20-21H,12-13H2,1-3H3. The zero-order valence-corrected chi connectivity index (χ0v) is 15.6. The average molecular weight is 372 g/mol. The molecule has 144 valence electrons. The highest BCUT2D eigenvalue weighted by Crippen LogP contribution is 2.21. The van der Waals surface area contributed by atoms with Crippen molar-refractivity contribution in [1.82, 2.24) is 10.2 Å². The predicted octanol–water partition coefficient (Wildman–Crippen LogP) is 3.42. The summed E-state index contributed by atoms with van der Waals surface area (Å²) >= 11 is 0. The summed E-state index contributed by atoms with van der Waals surface area (Å²) in [5.74, 6) is 0.497. The molecule has 1 amide bonds. The Morgan fingerprint density at radius 3 is 2.30 bits per heavy atom. The second kappa shape index (κ2) is 9.54. The molecule has 2 aromatic carbocycles. The molecule has 0 aliphatic rings. The van der Waals surface area contributed by atoms with Gasteiger partial charge in [-0.1, -0.05) is 12.1 Å². The van der Waals surface area contributed by atoms with Crippen LogP contribution < -0.4 is 15.4 Å². The van der Waals surface area contributed by atoms with Gasteiger partial charge in [-0.2, -0.15) is 0 Å². The molecule has 8 nitrogen and oxygen atoms in total. The molecule has 2 N–H and O–H groups in total. The molecule has 0 fully saturated rings. The lowest BCUT2D eigenvalue weighted by molar-refractivity contribution is -0.384. The first kappa shape index (κ1) is 20.2. The fraction of sp³-hybridized carbons (Fsp3) is 0.316. The topological polar surface area (TPSA) is 96.7 Å². The van der Waals surface area contributed by atoms with Crippen molar-refractivity contribution in [2.45, 2.75) is 12.5 Å². The molecule has 0 heterocycles. The van der Waals surface area contributed by atoms with Crippen LogP contribution in [0.5, 0.6) is 5.75 Å². The molecule has 0 saturated carbocycles. The number of carbonyl (C=O) groups is 1. The van der Waals surface area contributed by atoms with Crippen molar-refractivity contribution in [3.05, 3.63) is 64.2 Å². The Morgan fingerprint density at radius 1 is 1.15 bits per heavy atom. The minimum Gasteiger partial charge on any atom is -0.410 e. The van der Waals surface area contributed by atoms with Gasteiger partial charge in [-0.05, 0) is 43.3 Å². The molecule has 2 rings (SSSR count). The van der Waals surface area contributed by atoms with Crippen molar-refractivity contribution >= 4 is 17.5 Å². The van der Waals surface area contributed by atoms with Crippen molar-refractivity contribution in [3.8, 4) is 5.75 Å². The van der Waals surface area contributed by atoms with Crippen molar-refractivity contribution in [1.29, 1.82) is 0 Å². The Morgan fingerprint density at radius 2 is 1.78 bits per heavy atom. The molecule has 0 aliphatic carbocycles. The summed E-state index contributed by atoms with van der Waals surface area (Å²) in [6.45, 7) is 0.695. The van der Waals surface area contributed by atoms with E-state index in [1.807, 2.05) is 19.2 Å². The molecule has 1 atom stereocenters. The first-order valence-electron chi connectivity index (χ1n) is 8.55. The van der Waals surface area contributed by atoms with Gasteiger partial charge in [-0.25, -0.2) is 4.79 Å². The van der Waals surface area contributed by atoms with Gasteiger partial charge >= 0.3 is 6.09 Å². The Balaban J connectivity index is 1.89. The SMILES string of the molecule is CNC(CCNc1ccc([N+](=O)[O-])cc1)c1ccc(OC(=O)N(C)C)cc1. The predicted molar refractivity (Wildman–Crippen MR) is 104 cm³/mol. The molecule has 0 bridgehead atoms. The van der Waals surface area contributed by atoms with Crippen molar-refractivity contribution in [3.63, 3.8) is 0 Å². The van der Waals surface area contributed by atoms with E-state index >= 15 is 0 Å². The number of nitro groups is 1. The third-order valence-electron chi connectivity index (χ3n) is 4.04. The van der Waals surface area contributed by atoms with Gasteiger partial charge < -0.3 is 20.3 Å². The number of hydrogen-bond acceptors (Lipinski definition) is 6. The van der Waals surface area contributed by atoms with E-state index in [1.54, 1.807) is 38.4 Å². The second-order valence-electron chi connectivity index (χ2n) is 6.19. The number of amides is 1. The fourth-order valence-corrected chi connectivity index (χ4v) is 2.50. The van der Waals surface area contributed by atoms with Crippen LogP contribution in [0.3, 0.4) is 0 Å². The minimum absolute atomic E-state index is 0.0729. The first-order chi connectivity index (χ1) is 12.9. The number of nitro benzene ring substituents is 1. The van der Waals surface area contributed by atoms with Crippen molar-refractivity contribution in [2.24, 2.45) is 0 Å². The van der Waals surface area contributed by atoms with Crippen LogP contribution in [-0.4, -0.2) is 43.6 Å². The van der Waals surface area contributed by atoms with Crippen LogP contribution in [0.1, 0.15) is 18.0 Å². The molecule has 0 saturated heterocycles. The highest BCUT2D eigenvalue weighted by atomic mass is 16.6. The number of hydrogen-bond donors (Lipinski definition) is 2. The third-order valence-corrected chi connectivity index (χ3v) is 4.04. The maximum Gasteiger partial charge on any atom is 0.414 e. The van der Waals surface area contributed by atoms with Crippen molar-refractivity contribution in [2.75, 3.05) is 33.0 Å². The number of anilines is 1. The smallest absolute Gasteiger partial charge is 0.410 e. The normalized spacial score (nSPS) is 11.5. The number of carbonyl (C=O) groups excluding carboxylic acids is 1. The molecular weight excluding hydrogens is 348 g/mol. The first-order valence-corrected chi connectivity index (χ1v) is 8.55. The second-order valence-corrected chi connectivity index (χ2v) is 6.19. The van der Waals surface area contributed by atoms with Crippen LogP contribution in [0.4, 0.5) is 16.2 Å². The van der Waals surface area contributed by atoms with Gasteiger partial charge in [0.2, 0.25) is 0 Å². The summed E-state index contributed by atoms with van der Waals surface area (Å²) < 4.78 is 5.22. The highest BCUT2D eigenvalue weighted by molar-refractivity contribution is 5.69. The summed E-state index contributed by atoms with van der Waals surface area (Å²) in [4.78, 5) is 23.2. The Kier molecular flexibility index (Phi) is 7.13. The molecule has 1 unspecified atom stereocenters. The fourth-order valence-electron chi connectivity index (χ4n) is 2.50.